The number of carbonyl (C=O) groups excluding carboxylic acids is 1. The van der Waals surface area contributed by atoms with Gasteiger partial charge in [0.1, 0.15) is 0 Å². The fraction of sp³-hybridized carbons (Fsp3) is 0.667. The van der Waals surface area contributed by atoms with E-state index in [-0.39, 0.29) is 5.92 Å². The Morgan fingerprint density at radius 1 is 1.67 bits per heavy atom. The molecule has 0 bridgehead atoms. The highest BCUT2D eigenvalue weighted by Crippen LogP contribution is 1.99. The van der Waals surface area contributed by atoms with Gasteiger partial charge in [-0.3, -0.25) is 0 Å². The lowest BCUT2D eigenvalue weighted by molar-refractivity contribution is -0.116. The highest BCUT2D eigenvalue weighted by atomic mass is 16.1. The number of rotatable bonds is 2. The average molecular weight is 126 g/mol. The number of hydrogen-bond acceptors (Lipinski definition) is 2. The van der Waals surface area contributed by atoms with Gasteiger partial charge in [0.25, 0.3) is 0 Å². The van der Waals surface area contributed by atoms with Crippen LogP contribution in [0.4, 0.5) is 0 Å². The van der Waals surface area contributed by atoms with Gasteiger partial charge in [-0.2, -0.15) is 4.85 Å². The van der Waals surface area contributed by atoms with E-state index in [4.69, 9.17) is 12.3 Å². The maximum absolute atomic E-state index is 10.5. The molecule has 0 aliphatic carbocycles. The summed E-state index contributed by atoms with van der Waals surface area (Å²) in [6.45, 7) is 9.95. The maximum Gasteiger partial charge on any atom is 0.372 e. The molecule has 2 N–H and O–H groups in total. The van der Waals surface area contributed by atoms with Gasteiger partial charge in [0, 0.05) is 0 Å². The lowest BCUT2D eigenvalue weighted by Gasteiger charge is -2.07. The van der Waals surface area contributed by atoms with E-state index in [1.54, 1.807) is 0 Å². The molecule has 0 aliphatic heterocycles. The van der Waals surface area contributed by atoms with Crippen molar-refractivity contribution in [2.75, 3.05) is 0 Å². The van der Waals surface area contributed by atoms with E-state index in [1.807, 2.05) is 13.8 Å². The Bertz CT molecular complexity index is 146. The topological polar surface area (TPSA) is 47.5 Å². The van der Waals surface area contributed by atoms with Crippen LogP contribution in [0.25, 0.3) is 4.85 Å². The summed E-state index contributed by atoms with van der Waals surface area (Å²) in [4.78, 5) is 13.2. The standard InChI is InChI=1S/C6H10N2O/c1-4(2)5(7)6(9)8-3/h4-5H,7H2,1-2H3/t5-/m0/s1. The first-order valence-corrected chi connectivity index (χ1v) is 2.76. The van der Waals surface area contributed by atoms with Crippen molar-refractivity contribution in [3.63, 3.8) is 0 Å². The third-order valence-electron chi connectivity index (χ3n) is 1.11. The van der Waals surface area contributed by atoms with Crippen LogP contribution >= 0.6 is 0 Å². The number of hydrogen-bond donors (Lipinski definition) is 1. The molecular weight excluding hydrogens is 116 g/mol. The molecule has 0 fully saturated rings. The van der Waals surface area contributed by atoms with E-state index in [2.05, 4.69) is 4.85 Å². The number of nitrogens with two attached hydrogens (primary N) is 1. The van der Waals surface area contributed by atoms with Crippen LogP contribution in [0.15, 0.2) is 0 Å². The van der Waals surface area contributed by atoms with Crippen LogP contribution in [0, 0.1) is 12.5 Å². The summed E-state index contributed by atoms with van der Waals surface area (Å²) >= 11 is 0. The molecule has 1 amide bonds. The van der Waals surface area contributed by atoms with Gasteiger partial charge in [0.2, 0.25) is 0 Å². The summed E-state index contributed by atoms with van der Waals surface area (Å²) in [7, 11) is 0. The first-order chi connectivity index (χ1) is 4.09. The van der Waals surface area contributed by atoms with Gasteiger partial charge < -0.3 is 10.5 Å². The Morgan fingerprint density at radius 2 is 2.11 bits per heavy atom. The predicted octanol–water partition coefficient (Wildman–Crippen LogP) is 0.416. The molecule has 0 saturated carbocycles. The third-order valence-corrected chi connectivity index (χ3v) is 1.11. The second-order valence-electron chi connectivity index (χ2n) is 2.22. The largest absolute Gasteiger partial charge is 0.372 e. The summed E-state index contributed by atoms with van der Waals surface area (Å²) in [5, 5.41) is 0. The van der Waals surface area contributed by atoms with Crippen LogP contribution in [0.1, 0.15) is 13.8 Å². The maximum atomic E-state index is 10.5. The van der Waals surface area contributed by atoms with Crippen LogP contribution in [0.2, 0.25) is 0 Å². The molecule has 3 nitrogen and oxygen atoms in total. The molecule has 9 heavy (non-hydrogen) atoms. The van der Waals surface area contributed by atoms with E-state index in [1.165, 1.54) is 0 Å². The Kier molecular flexibility index (Phi) is 2.89. The molecule has 50 valence electrons. The first kappa shape index (κ1) is 8.12. The Hall–Kier alpha value is -0.880. The molecule has 1 atom stereocenters. The number of amides is 1. The zero-order valence-electron chi connectivity index (χ0n) is 5.59. The van der Waals surface area contributed by atoms with Crippen LogP contribution in [-0.2, 0) is 4.79 Å². The van der Waals surface area contributed by atoms with Crippen LogP contribution < -0.4 is 5.73 Å². The Morgan fingerprint density at radius 3 is 2.22 bits per heavy atom. The van der Waals surface area contributed by atoms with Gasteiger partial charge in [-0.05, 0) is 5.92 Å². The van der Waals surface area contributed by atoms with E-state index in [9.17, 15) is 4.79 Å². The highest BCUT2D eigenvalue weighted by molar-refractivity contribution is 5.90. The van der Waals surface area contributed by atoms with E-state index in [0.29, 0.717) is 0 Å². The molecule has 0 heterocycles. The van der Waals surface area contributed by atoms with Crippen molar-refractivity contribution in [3.8, 4) is 0 Å². The zero-order chi connectivity index (χ0) is 7.44. The van der Waals surface area contributed by atoms with Crippen molar-refractivity contribution in [2.45, 2.75) is 19.9 Å². The van der Waals surface area contributed by atoms with Gasteiger partial charge >= 0.3 is 5.91 Å². The monoisotopic (exact) mass is 126 g/mol. The fourth-order valence-electron chi connectivity index (χ4n) is 0.360. The third kappa shape index (κ3) is 2.24. The van der Waals surface area contributed by atoms with Gasteiger partial charge in [0.05, 0.1) is 12.6 Å². The molecule has 3 heteroatoms. The summed E-state index contributed by atoms with van der Waals surface area (Å²) in [5.41, 5.74) is 5.31. The van der Waals surface area contributed by atoms with Crippen molar-refractivity contribution < 1.29 is 4.79 Å². The molecule has 0 aromatic heterocycles. The molecule has 0 aromatic rings. The van der Waals surface area contributed by atoms with Crippen LogP contribution in [-0.4, -0.2) is 11.9 Å². The minimum Gasteiger partial charge on any atom is -0.330 e. The second-order valence-corrected chi connectivity index (χ2v) is 2.22. The molecule has 0 aromatic carbocycles. The fourth-order valence-corrected chi connectivity index (χ4v) is 0.360. The molecule has 0 saturated heterocycles. The van der Waals surface area contributed by atoms with E-state index >= 15 is 0 Å². The Balaban J connectivity index is 3.92. The summed E-state index contributed by atoms with van der Waals surface area (Å²) in [6, 6.07) is -0.609. The smallest absolute Gasteiger partial charge is 0.330 e. The SMILES string of the molecule is [C-]#[N+]C(=O)[C@@H](N)C(C)C. The predicted molar refractivity (Wildman–Crippen MR) is 34.4 cm³/mol. The molecule has 0 spiro atoms. The average Bonchev–Trinajstić information content (AvgIpc) is 1.84. The van der Waals surface area contributed by atoms with Gasteiger partial charge in [0.15, 0.2) is 0 Å². The summed E-state index contributed by atoms with van der Waals surface area (Å²) in [5.74, 6) is -0.489. The van der Waals surface area contributed by atoms with Crippen LogP contribution in [0.3, 0.4) is 0 Å². The molecule has 0 aliphatic rings. The molecule has 0 radical (unpaired) electrons. The van der Waals surface area contributed by atoms with Crippen molar-refractivity contribution in [1.82, 2.24) is 0 Å². The number of nitrogens with zero attached hydrogens (tertiary/aromatic N) is 1. The summed E-state index contributed by atoms with van der Waals surface area (Å²) < 4.78 is 0. The van der Waals surface area contributed by atoms with Crippen LogP contribution in [0.5, 0.6) is 0 Å². The van der Waals surface area contributed by atoms with Gasteiger partial charge in [-0.15, -0.1) is 0 Å². The van der Waals surface area contributed by atoms with Crippen molar-refractivity contribution in [2.24, 2.45) is 11.7 Å². The molecule has 0 rings (SSSR count). The Labute approximate surface area is 54.7 Å². The summed E-state index contributed by atoms with van der Waals surface area (Å²) in [6.07, 6.45) is 0. The van der Waals surface area contributed by atoms with Crippen molar-refractivity contribution in [3.05, 3.63) is 11.4 Å². The second kappa shape index (κ2) is 3.21. The van der Waals surface area contributed by atoms with Gasteiger partial charge in [-0.25, -0.2) is 0 Å². The number of carbonyl (C=O) groups is 1. The van der Waals surface area contributed by atoms with E-state index < -0.39 is 11.9 Å². The normalized spacial score (nSPS) is 12.8. The van der Waals surface area contributed by atoms with E-state index in [0.717, 1.165) is 0 Å². The minimum absolute atomic E-state index is 0.0617. The minimum atomic E-state index is -0.609. The molecular formula is C6H10N2O. The highest BCUT2D eigenvalue weighted by Gasteiger charge is 2.16. The van der Waals surface area contributed by atoms with Crippen molar-refractivity contribution >= 4 is 5.91 Å². The quantitative estimate of drug-likeness (QED) is 0.545. The lowest BCUT2D eigenvalue weighted by Crippen LogP contribution is -2.33. The lowest BCUT2D eigenvalue weighted by atomic mass is 10.1. The zero-order valence-corrected chi connectivity index (χ0v) is 5.59. The van der Waals surface area contributed by atoms with Crippen molar-refractivity contribution in [1.29, 1.82) is 0 Å². The molecule has 0 unspecified atom stereocenters. The van der Waals surface area contributed by atoms with Gasteiger partial charge in [-0.1, -0.05) is 13.8 Å². The first-order valence-electron chi connectivity index (χ1n) is 2.76.